The van der Waals surface area contributed by atoms with Crippen molar-refractivity contribution in [2.75, 3.05) is 18.5 Å². The number of benzene rings is 1. The molecule has 1 saturated heterocycles. The van der Waals surface area contributed by atoms with Crippen LogP contribution in [0.2, 0.25) is 0 Å². The third kappa shape index (κ3) is 4.79. The number of nitrogens with zero attached hydrogens (tertiary/aromatic N) is 6. The Labute approximate surface area is 198 Å². The largest absolute Gasteiger partial charge is 0.488 e. The van der Waals surface area contributed by atoms with E-state index in [0.29, 0.717) is 30.6 Å². The minimum atomic E-state index is -0.106. The van der Waals surface area contributed by atoms with Crippen molar-refractivity contribution in [3.05, 3.63) is 59.9 Å². The number of aryl methyl sites for hydroxylation is 2. The molecule has 4 aromatic rings. The molecule has 174 valence electrons. The van der Waals surface area contributed by atoms with Gasteiger partial charge in [0.05, 0.1) is 30.6 Å². The summed E-state index contributed by atoms with van der Waals surface area (Å²) in [6.45, 7) is 7.30. The van der Waals surface area contributed by atoms with Crippen molar-refractivity contribution in [2.24, 2.45) is 0 Å². The van der Waals surface area contributed by atoms with Crippen molar-refractivity contribution in [3.63, 3.8) is 0 Å². The molecule has 0 radical (unpaired) electrons. The number of hydrogen-bond donors (Lipinski definition) is 1. The van der Waals surface area contributed by atoms with Gasteiger partial charge < -0.3 is 14.8 Å². The van der Waals surface area contributed by atoms with Gasteiger partial charge in [-0.05, 0) is 50.6 Å². The lowest BCUT2D eigenvalue weighted by Crippen LogP contribution is -2.26. The first-order chi connectivity index (χ1) is 16.6. The molecule has 1 aromatic carbocycles. The maximum atomic E-state index is 6.44. The quantitative estimate of drug-likeness (QED) is 0.455. The Balaban J connectivity index is 1.57. The molecule has 9 heteroatoms. The summed E-state index contributed by atoms with van der Waals surface area (Å²) < 4.78 is 11.9. The molecule has 1 unspecified atom stereocenters. The van der Waals surface area contributed by atoms with Crippen LogP contribution < -0.4 is 10.1 Å². The highest BCUT2D eigenvalue weighted by atomic mass is 16.5. The standard InChI is InChI=1S/C25H27N7O2/c1-15-12-26-24(27-13-15)18-10-20-23(22(11-18)34-19-6-8-33-9-7-19)28-14-29-25(20)30-17(3)21-5-4-16(2)31-32-21/h4-5,10-14,17,19H,6-9H2,1-3H3,(H,28,29,30). The zero-order valence-corrected chi connectivity index (χ0v) is 19.5. The van der Waals surface area contributed by atoms with Gasteiger partial charge in [0.15, 0.2) is 5.82 Å². The third-order valence-electron chi connectivity index (χ3n) is 5.82. The predicted octanol–water partition coefficient (Wildman–Crippen LogP) is 4.22. The average molecular weight is 458 g/mol. The molecule has 3 aromatic heterocycles. The minimum absolute atomic E-state index is 0.0688. The highest BCUT2D eigenvalue weighted by molar-refractivity contribution is 5.96. The molecule has 1 aliphatic heterocycles. The van der Waals surface area contributed by atoms with Crippen molar-refractivity contribution in [2.45, 2.75) is 45.8 Å². The topological polar surface area (TPSA) is 108 Å². The van der Waals surface area contributed by atoms with Crippen molar-refractivity contribution >= 4 is 16.7 Å². The van der Waals surface area contributed by atoms with Crippen LogP contribution in [0.25, 0.3) is 22.3 Å². The second-order valence-corrected chi connectivity index (χ2v) is 8.57. The first kappa shape index (κ1) is 22.1. The van der Waals surface area contributed by atoms with Crippen molar-refractivity contribution in [1.82, 2.24) is 30.1 Å². The lowest BCUT2D eigenvalue weighted by Gasteiger charge is -2.24. The number of fused-ring (bicyclic) bond motifs is 1. The summed E-state index contributed by atoms with van der Waals surface area (Å²) in [4.78, 5) is 18.2. The molecule has 0 saturated carbocycles. The third-order valence-corrected chi connectivity index (χ3v) is 5.82. The molecule has 1 atom stereocenters. The van der Waals surface area contributed by atoms with Crippen LogP contribution in [0.1, 0.15) is 42.8 Å². The monoisotopic (exact) mass is 457 g/mol. The number of hydrogen-bond acceptors (Lipinski definition) is 9. The first-order valence-electron chi connectivity index (χ1n) is 11.5. The van der Waals surface area contributed by atoms with E-state index in [1.807, 2.05) is 57.4 Å². The van der Waals surface area contributed by atoms with Gasteiger partial charge in [0.1, 0.15) is 29.5 Å². The molecule has 0 amide bonds. The maximum absolute atomic E-state index is 6.44. The molecule has 34 heavy (non-hydrogen) atoms. The van der Waals surface area contributed by atoms with Crippen molar-refractivity contribution in [3.8, 4) is 17.1 Å². The van der Waals surface area contributed by atoms with Crippen LogP contribution >= 0.6 is 0 Å². The molecule has 1 N–H and O–H groups in total. The summed E-state index contributed by atoms with van der Waals surface area (Å²) in [5.74, 6) is 2.00. The normalized spacial score (nSPS) is 15.3. The van der Waals surface area contributed by atoms with Crippen LogP contribution in [0.5, 0.6) is 5.75 Å². The van der Waals surface area contributed by atoms with E-state index in [0.717, 1.165) is 46.3 Å². The molecule has 1 fully saturated rings. The van der Waals surface area contributed by atoms with Crippen molar-refractivity contribution < 1.29 is 9.47 Å². The molecular formula is C25H27N7O2. The summed E-state index contributed by atoms with van der Waals surface area (Å²) in [6, 6.07) is 7.78. The molecule has 0 bridgehead atoms. The summed E-state index contributed by atoms with van der Waals surface area (Å²) in [6.07, 6.45) is 6.92. The van der Waals surface area contributed by atoms with E-state index in [-0.39, 0.29) is 12.1 Å². The van der Waals surface area contributed by atoms with Crippen LogP contribution in [0.15, 0.2) is 43.0 Å². The fourth-order valence-corrected chi connectivity index (χ4v) is 3.90. The van der Waals surface area contributed by atoms with E-state index in [1.54, 1.807) is 6.33 Å². The van der Waals surface area contributed by atoms with Gasteiger partial charge >= 0.3 is 0 Å². The Kier molecular flexibility index (Phi) is 6.27. The lowest BCUT2D eigenvalue weighted by molar-refractivity contribution is 0.0261. The molecule has 4 heterocycles. The summed E-state index contributed by atoms with van der Waals surface area (Å²) in [5, 5.41) is 12.8. The van der Waals surface area contributed by atoms with E-state index in [4.69, 9.17) is 9.47 Å². The van der Waals surface area contributed by atoms with Crippen LogP contribution in [0.3, 0.4) is 0 Å². The Morgan fingerprint density at radius 1 is 1.00 bits per heavy atom. The Hall–Kier alpha value is -3.72. The highest BCUT2D eigenvalue weighted by Gasteiger charge is 2.20. The van der Waals surface area contributed by atoms with Gasteiger partial charge in [-0.25, -0.2) is 19.9 Å². The molecule has 9 nitrogen and oxygen atoms in total. The molecule has 1 aliphatic rings. The fourth-order valence-electron chi connectivity index (χ4n) is 3.90. The van der Waals surface area contributed by atoms with Crippen LogP contribution in [-0.4, -0.2) is 49.5 Å². The Morgan fingerprint density at radius 3 is 2.53 bits per heavy atom. The van der Waals surface area contributed by atoms with Gasteiger partial charge in [0.2, 0.25) is 0 Å². The van der Waals surface area contributed by atoms with Gasteiger partial charge in [-0.2, -0.15) is 10.2 Å². The summed E-state index contributed by atoms with van der Waals surface area (Å²) >= 11 is 0. The SMILES string of the molecule is Cc1cnc(-c2cc(OC3CCOCC3)c3ncnc(NC(C)c4ccc(C)nn4)c3c2)nc1. The van der Waals surface area contributed by atoms with Gasteiger partial charge in [0.25, 0.3) is 0 Å². The van der Waals surface area contributed by atoms with E-state index in [9.17, 15) is 0 Å². The fraction of sp³-hybridized carbons (Fsp3) is 0.360. The maximum Gasteiger partial charge on any atom is 0.159 e. The molecular weight excluding hydrogens is 430 g/mol. The number of aromatic nitrogens is 6. The lowest BCUT2D eigenvalue weighted by atomic mass is 10.1. The van der Waals surface area contributed by atoms with E-state index in [1.165, 1.54) is 0 Å². The van der Waals surface area contributed by atoms with Gasteiger partial charge in [-0.1, -0.05) is 0 Å². The summed E-state index contributed by atoms with van der Waals surface area (Å²) in [7, 11) is 0. The van der Waals surface area contributed by atoms with Gasteiger partial charge in [-0.15, -0.1) is 0 Å². The highest BCUT2D eigenvalue weighted by Crippen LogP contribution is 2.35. The van der Waals surface area contributed by atoms with E-state index in [2.05, 4.69) is 35.5 Å². The minimum Gasteiger partial charge on any atom is -0.488 e. The van der Waals surface area contributed by atoms with Gasteiger partial charge in [-0.3, -0.25) is 0 Å². The molecule has 0 aliphatic carbocycles. The second kappa shape index (κ2) is 9.64. The van der Waals surface area contributed by atoms with Crippen LogP contribution in [0, 0.1) is 13.8 Å². The zero-order chi connectivity index (χ0) is 23.5. The second-order valence-electron chi connectivity index (χ2n) is 8.57. The van der Waals surface area contributed by atoms with Crippen molar-refractivity contribution in [1.29, 1.82) is 0 Å². The number of anilines is 1. The van der Waals surface area contributed by atoms with E-state index < -0.39 is 0 Å². The zero-order valence-electron chi connectivity index (χ0n) is 19.5. The average Bonchev–Trinajstić information content (AvgIpc) is 2.86. The van der Waals surface area contributed by atoms with Crippen LogP contribution in [-0.2, 0) is 4.74 Å². The number of ether oxygens (including phenoxy) is 2. The molecule has 0 spiro atoms. The number of nitrogens with one attached hydrogen (secondary N) is 1. The predicted molar refractivity (Wildman–Crippen MR) is 129 cm³/mol. The smallest absolute Gasteiger partial charge is 0.159 e. The van der Waals surface area contributed by atoms with E-state index >= 15 is 0 Å². The Morgan fingerprint density at radius 2 is 1.79 bits per heavy atom. The molecule has 5 rings (SSSR count). The van der Waals surface area contributed by atoms with Gasteiger partial charge in [0, 0.05) is 36.2 Å². The Bertz CT molecular complexity index is 1270. The number of rotatable bonds is 6. The van der Waals surface area contributed by atoms with Crippen LogP contribution in [0.4, 0.5) is 5.82 Å². The summed E-state index contributed by atoms with van der Waals surface area (Å²) in [5.41, 5.74) is 4.29. The first-order valence-corrected chi connectivity index (χ1v) is 11.5.